The zero-order valence-corrected chi connectivity index (χ0v) is 10.9. The van der Waals surface area contributed by atoms with E-state index in [1.807, 2.05) is 30.6 Å². The van der Waals surface area contributed by atoms with Gasteiger partial charge >= 0.3 is 5.97 Å². The van der Waals surface area contributed by atoms with Crippen molar-refractivity contribution in [3.05, 3.63) is 30.6 Å². The van der Waals surface area contributed by atoms with Gasteiger partial charge in [-0.2, -0.15) is 0 Å². The third-order valence-corrected chi connectivity index (χ3v) is 3.99. The van der Waals surface area contributed by atoms with E-state index in [9.17, 15) is 4.79 Å². The minimum absolute atomic E-state index is 0.205. The molecule has 0 saturated heterocycles. The summed E-state index contributed by atoms with van der Waals surface area (Å²) in [6.07, 6.45) is 3.95. The quantitative estimate of drug-likeness (QED) is 0.832. The average Bonchev–Trinajstić information content (AvgIpc) is 3.02. The minimum Gasteiger partial charge on any atom is -0.468 e. The van der Waals surface area contributed by atoms with Crippen molar-refractivity contribution in [2.45, 2.75) is 30.8 Å². The van der Waals surface area contributed by atoms with Crippen LogP contribution in [0.1, 0.15) is 25.3 Å². The molecule has 3 rings (SSSR count). The number of hydrogen-bond acceptors (Lipinski definition) is 4. The van der Waals surface area contributed by atoms with Crippen molar-refractivity contribution in [1.29, 1.82) is 0 Å². The predicted molar refractivity (Wildman–Crippen MR) is 71.6 cm³/mol. The molecule has 0 aliphatic heterocycles. The third kappa shape index (κ3) is 1.90. The van der Waals surface area contributed by atoms with Crippen LogP contribution in [0.2, 0.25) is 0 Å². The van der Waals surface area contributed by atoms with E-state index < -0.39 is 5.54 Å². The van der Waals surface area contributed by atoms with Gasteiger partial charge in [-0.25, -0.2) is 4.98 Å². The monoisotopic (exact) mass is 259 g/mol. The lowest BCUT2D eigenvalue weighted by atomic mass is 9.99. The number of aromatic nitrogens is 2. The van der Waals surface area contributed by atoms with Crippen molar-refractivity contribution >= 4 is 17.0 Å². The molecule has 19 heavy (non-hydrogen) atoms. The lowest BCUT2D eigenvalue weighted by Gasteiger charge is -2.21. The normalized spacial score (nSPS) is 26.7. The largest absolute Gasteiger partial charge is 0.468 e. The summed E-state index contributed by atoms with van der Waals surface area (Å²) in [6, 6.07) is 8.19. The Morgan fingerprint density at radius 1 is 1.53 bits per heavy atom. The molecule has 2 aromatic rings. The Bertz CT molecular complexity index is 622. The highest BCUT2D eigenvalue weighted by Crippen LogP contribution is 2.38. The average molecular weight is 259 g/mol. The van der Waals surface area contributed by atoms with E-state index in [1.54, 1.807) is 0 Å². The van der Waals surface area contributed by atoms with Gasteiger partial charge in [0.2, 0.25) is 0 Å². The number of rotatable bonds is 2. The third-order valence-electron chi connectivity index (χ3n) is 3.99. The minimum atomic E-state index is -0.856. The molecule has 0 spiro atoms. The number of carbonyl (C=O) groups is 1. The number of nitrogens with zero attached hydrogens (tertiary/aromatic N) is 2. The van der Waals surface area contributed by atoms with Gasteiger partial charge in [-0.1, -0.05) is 12.1 Å². The lowest BCUT2D eigenvalue weighted by molar-refractivity contribution is -0.146. The van der Waals surface area contributed by atoms with Crippen LogP contribution in [-0.2, 0) is 9.53 Å². The number of ether oxygens (including phenoxy) is 1. The summed E-state index contributed by atoms with van der Waals surface area (Å²) in [7, 11) is 1.39. The van der Waals surface area contributed by atoms with Gasteiger partial charge in [0.25, 0.3) is 0 Å². The maximum atomic E-state index is 11.7. The molecule has 1 aromatic carbocycles. The summed E-state index contributed by atoms with van der Waals surface area (Å²) in [6.45, 7) is 0. The first-order valence-corrected chi connectivity index (χ1v) is 6.43. The molecule has 1 heterocycles. The molecule has 1 aromatic heterocycles. The Labute approximate surface area is 111 Å². The van der Waals surface area contributed by atoms with Gasteiger partial charge in [0.05, 0.1) is 24.5 Å². The number of hydrogen-bond donors (Lipinski definition) is 1. The summed E-state index contributed by atoms with van der Waals surface area (Å²) < 4.78 is 6.92. The summed E-state index contributed by atoms with van der Waals surface area (Å²) in [5.41, 5.74) is 7.34. The smallest absolute Gasteiger partial charge is 0.325 e. The second-order valence-electron chi connectivity index (χ2n) is 5.18. The Hall–Kier alpha value is -1.88. The van der Waals surface area contributed by atoms with Gasteiger partial charge < -0.3 is 15.0 Å². The molecule has 1 fully saturated rings. The predicted octanol–water partition coefficient (Wildman–Crippen LogP) is 1.63. The Morgan fingerprint density at radius 2 is 2.32 bits per heavy atom. The first kappa shape index (κ1) is 12.2. The molecule has 1 aliphatic carbocycles. The van der Waals surface area contributed by atoms with E-state index in [4.69, 9.17) is 10.5 Å². The first-order valence-electron chi connectivity index (χ1n) is 6.43. The highest BCUT2D eigenvalue weighted by molar-refractivity contribution is 5.81. The van der Waals surface area contributed by atoms with E-state index in [0.717, 1.165) is 17.5 Å². The van der Waals surface area contributed by atoms with Crippen LogP contribution in [0.3, 0.4) is 0 Å². The highest BCUT2D eigenvalue weighted by Gasteiger charge is 2.43. The fourth-order valence-electron chi connectivity index (χ4n) is 2.94. The Kier molecular flexibility index (Phi) is 2.78. The Balaban J connectivity index is 1.91. The van der Waals surface area contributed by atoms with Gasteiger partial charge in [-0.05, 0) is 31.4 Å². The standard InChI is InChI=1S/C14H17N3O2/c1-19-13(18)14(15)7-6-10(8-14)17-9-16-11-4-2-3-5-12(11)17/h2-5,9-10H,6-8,15H2,1H3. The number of benzene rings is 1. The van der Waals surface area contributed by atoms with E-state index in [1.165, 1.54) is 7.11 Å². The highest BCUT2D eigenvalue weighted by atomic mass is 16.5. The van der Waals surface area contributed by atoms with Gasteiger partial charge in [0.15, 0.2) is 0 Å². The topological polar surface area (TPSA) is 70.1 Å². The number of methoxy groups -OCH3 is 1. The van der Waals surface area contributed by atoms with Crippen LogP contribution >= 0.6 is 0 Å². The molecule has 0 bridgehead atoms. The Morgan fingerprint density at radius 3 is 3.11 bits per heavy atom. The summed E-state index contributed by atoms with van der Waals surface area (Å²) in [4.78, 5) is 16.1. The van der Waals surface area contributed by atoms with E-state index in [0.29, 0.717) is 12.8 Å². The fraction of sp³-hybridized carbons (Fsp3) is 0.429. The SMILES string of the molecule is COC(=O)C1(N)CCC(n2cnc3ccccc32)C1. The van der Waals surface area contributed by atoms with Crippen LogP contribution in [0.5, 0.6) is 0 Å². The molecular formula is C14H17N3O2. The van der Waals surface area contributed by atoms with Crippen LogP contribution in [0.15, 0.2) is 30.6 Å². The molecule has 0 amide bonds. The molecule has 2 atom stereocenters. The van der Waals surface area contributed by atoms with Crippen LogP contribution in [0.25, 0.3) is 11.0 Å². The van der Waals surface area contributed by atoms with Crippen molar-refractivity contribution in [2.75, 3.05) is 7.11 Å². The number of nitrogens with two attached hydrogens (primary N) is 1. The van der Waals surface area contributed by atoms with Crippen molar-refractivity contribution < 1.29 is 9.53 Å². The van der Waals surface area contributed by atoms with E-state index >= 15 is 0 Å². The van der Waals surface area contributed by atoms with Crippen molar-refractivity contribution in [3.8, 4) is 0 Å². The summed E-state index contributed by atoms with van der Waals surface area (Å²) in [5, 5.41) is 0. The number of imidazole rings is 1. The van der Waals surface area contributed by atoms with Gasteiger partial charge in [-0.3, -0.25) is 4.79 Å². The van der Waals surface area contributed by atoms with Crippen molar-refractivity contribution in [3.63, 3.8) is 0 Å². The number of esters is 1. The zero-order chi connectivity index (χ0) is 13.5. The molecule has 2 unspecified atom stereocenters. The fourth-order valence-corrected chi connectivity index (χ4v) is 2.94. The molecule has 1 aliphatic rings. The molecule has 0 radical (unpaired) electrons. The van der Waals surface area contributed by atoms with Crippen LogP contribution < -0.4 is 5.73 Å². The second-order valence-corrected chi connectivity index (χ2v) is 5.18. The number of carbonyl (C=O) groups excluding carboxylic acids is 1. The molecular weight excluding hydrogens is 242 g/mol. The molecule has 2 N–H and O–H groups in total. The molecule has 1 saturated carbocycles. The summed E-state index contributed by atoms with van der Waals surface area (Å²) >= 11 is 0. The second kappa shape index (κ2) is 4.35. The van der Waals surface area contributed by atoms with Gasteiger partial charge in [0.1, 0.15) is 5.54 Å². The van der Waals surface area contributed by atoms with Crippen LogP contribution in [0, 0.1) is 0 Å². The lowest BCUT2D eigenvalue weighted by Crippen LogP contribution is -2.46. The number of fused-ring (bicyclic) bond motifs is 1. The van der Waals surface area contributed by atoms with Gasteiger partial charge in [0, 0.05) is 6.04 Å². The molecule has 5 nitrogen and oxygen atoms in total. The van der Waals surface area contributed by atoms with E-state index in [-0.39, 0.29) is 12.0 Å². The van der Waals surface area contributed by atoms with E-state index in [2.05, 4.69) is 9.55 Å². The maximum absolute atomic E-state index is 11.7. The number of para-hydroxylation sites is 2. The van der Waals surface area contributed by atoms with Crippen LogP contribution in [0.4, 0.5) is 0 Å². The first-order chi connectivity index (χ1) is 9.14. The molecule has 100 valence electrons. The molecule has 5 heteroatoms. The van der Waals surface area contributed by atoms with Crippen LogP contribution in [-0.4, -0.2) is 28.2 Å². The summed E-state index contributed by atoms with van der Waals surface area (Å²) in [5.74, 6) is -0.320. The van der Waals surface area contributed by atoms with Crippen molar-refractivity contribution in [2.24, 2.45) is 5.73 Å². The zero-order valence-electron chi connectivity index (χ0n) is 10.9. The van der Waals surface area contributed by atoms with Crippen molar-refractivity contribution in [1.82, 2.24) is 9.55 Å². The maximum Gasteiger partial charge on any atom is 0.325 e. The van der Waals surface area contributed by atoms with Gasteiger partial charge in [-0.15, -0.1) is 0 Å².